The Morgan fingerprint density at radius 3 is 2.51 bits per heavy atom. The first-order chi connectivity index (χ1) is 19.0. The van der Waals surface area contributed by atoms with Crippen molar-refractivity contribution in [1.82, 2.24) is 9.80 Å². The van der Waals surface area contributed by atoms with E-state index in [0.29, 0.717) is 31.7 Å². The van der Waals surface area contributed by atoms with Gasteiger partial charge >= 0.3 is 0 Å². The molecule has 7 heteroatoms. The standard InChI is InChI=1S/C32H43N3O4/c1-5-39-30-19-25-26(20-29(30)38-4)31(33-28-15-16-34(2)21-27(25)28)22-11-13-23(14-12-22)32(36)35(17-18-37-3)24-9-7-6-8-10-24/h11-14,19-20,24,27-28H,5-10,15-18,21H2,1-4H3/t27-,28-/m1/s1. The normalized spacial score (nSPS) is 21.5. The number of nitrogens with zero attached hydrogens (tertiary/aromatic N) is 3. The number of carbonyl (C=O) groups excluding carboxylic acids is 1. The van der Waals surface area contributed by atoms with Crippen LogP contribution < -0.4 is 9.47 Å². The van der Waals surface area contributed by atoms with Crippen LogP contribution in [-0.2, 0) is 4.74 Å². The molecular weight excluding hydrogens is 490 g/mol. The zero-order valence-electron chi connectivity index (χ0n) is 23.9. The maximum atomic E-state index is 13.6. The highest BCUT2D eigenvalue weighted by Crippen LogP contribution is 2.42. The van der Waals surface area contributed by atoms with E-state index in [1.807, 2.05) is 24.0 Å². The molecule has 2 heterocycles. The molecular formula is C32H43N3O4. The first-order valence-corrected chi connectivity index (χ1v) is 14.6. The predicted octanol–water partition coefficient (Wildman–Crippen LogP) is 5.15. The summed E-state index contributed by atoms with van der Waals surface area (Å²) < 4.78 is 17.0. The zero-order chi connectivity index (χ0) is 27.4. The van der Waals surface area contributed by atoms with Gasteiger partial charge in [-0.2, -0.15) is 0 Å². The van der Waals surface area contributed by atoms with E-state index in [-0.39, 0.29) is 11.9 Å². The Balaban J connectivity index is 1.47. The minimum Gasteiger partial charge on any atom is -0.493 e. The number of likely N-dealkylation sites (N-methyl/N-ethyl adjacent to an activating group) is 1. The summed E-state index contributed by atoms with van der Waals surface area (Å²) in [5.74, 6) is 1.92. The Morgan fingerprint density at radius 1 is 1.05 bits per heavy atom. The number of rotatable bonds is 9. The maximum absolute atomic E-state index is 13.6. The second-order valence-corrected chi connectivity index (χ2v) is 11.1. The molecule has 0 bridgehead atoms. The van der Waals surface area contributed by atoms with Gasteiger partial charge in [-0.15, -0.1) is 0 Å². The first kappa shape index (κ1) is 27.7. The van der Waals surface area contributed by atoms with E-state index in [0.717, 1.165) is 66.3 Å². The summed E-state index contributed by atoms with van der Waals surface area (Å²) >= 11 is 0. The average Bonchev–Trinajstić information content (AvgIpc) is 2.97. The zero-order valence-corrected chi connectivity index (χ0v) is 23.9. The van der Waals surface area contributed by atoms with Gasteiger partial charge in [0.25, 0.3) is 5.91 Å². The quantitative estimate of drug-likeness (QED) is 0.446. The third-order valence-corrected chi connectivity index (χ3v) is 8.58. The van der Waals surface area contributed by atoms with E-state index < -0.39 is 0 Å². The Bertz CT molecular complexity index is 1170. The number of benzene rings is 2. The maximum Gasteiger partial charge on any atom is 0.254 e. The Labute approximate surface area is 233 Å². The number of aliphatic imine (C=N–C) groups is 1. The van der Waals surface area contributed by atoms with Crippen LogP contribution in [-0.4, -0.2) is 87.6 Å². The molecule has 3 aliphatic rings. The highest BCUT2D eigenvalue weighted by molar-refractivity contribution is 6.15. The number of fused-ring (bicyclic) bond motifs is 3. The molecule has 0 unspecified atom stereocenters. The van der Waals surface area contributed by atoms with Gasteiger partial charge in [0, 0.05) is 48.8 Å². The van der Waals surface area contributed by atoms with Crippen molar-refractivity contribution in [3.8, 4) is 11.5 Å². The number of hydrogen-bond acceptors (Lipinski definition) is 6. The number of amides is 1. The summed E-state index contributed by atoms with van der Waals surface area (Å²) in [6, 6.07) is 12.8. The lowest BCUT2D eigenvalue weighted by Crippen LogP contribution is -2.43. The van der Waals surface area contributed by atoms with E-state index in [1.54, 1.807) is 14.2 Å². The summed E-state index contributed by atoms with van der Waals surface area (Å²) in [6.45, 7) is 5.77. The fourth-order valence-electron chi connectivity index (χ4n) is 6.51. The monoisotopic (exact) mass is 533 g/mol. The average molecular weight is 534 g/mol. The fourth-order valence-corrected chi connectivity index (χ4v) is 6.51. The van der Waals surface area contributed by atoms with E-state index in [1.165, 1.54) is 24.8 Å². The fraction of sp³-hybridized carbons (Fsp3) is 0.562. The van der Waals surface area contributed by atoms with Gasteiger partial charge in [0.15, 0.2) is 11.5 Å². The SMILES string of the molecule is CCOc1cc2c(cc1OC)C(c1ccc(C(=O)N(CCOC)C3CCCCC3)cc1)=N[C@@H]1CCN(C)C[C@H]21. The largest absolute Gasteiger partial charge is 0.493 e. The van der Waals surface area contributed by atoms with Crippen molar-refractivity contribution in [2.24, 2.45) is 4.99 Å². The van der Waals surface area contributed by atoms with Gasteiger partial charge in [-0.25, -0.2) is 0 Å². The van der Waals surface area contributed by atoms with Gasteiger partial charge < -0.3 is 24.0 Å². The lowest BCUT2D eigenvalue weighted by Gasteiger charge is -2.39. The van der Waals surface area contributed by atoms with Gasteiger partial charge in [0.1, 0.15) is 0 Å². The third-order valence-electron chi connectivity index (χ3n) is 8.58. The molecule has 1 saturated carbocycles. The van der Waals surface area contributed by atoms with Crippen LogP contribution >= 0.6 is 0 Å². The molecule has 0 N–H and O–H groups in total. The minimum atomic E-state index is 0.0925. The molecule has 39 heavy (non-hydrogen) atoms. The van der Waals surface area contributed by atoms with Crippen molar-refractivity contribution in [3.63, 3.8) is 0 Å². The Hall–Kier alpha value is -2.90. The van der Waals surface area contributed by atoms with E-state index in [4.69, 9.17) is 19.2 Å². The summed E-state index contributed by atoms with van der Waals surface area (Å²) in [7, 11) is 5.56. The predicted molar refractivity (Wildman–Crippen MR) is 155 cm³/mol. The summed E-state index contributed by atoms with van der Waals surface area (Å²) in [5.41, 5.74) is 5.08. The number of carbonyl (C=O) groups is 1. The molecule has 2 atom stereocenters. The Morgan fingerprint density at radius 2 is 1.82 bits per heavy atom. The van der Waals surface area contributed by atoms with Gasteiger partial charge in [-0.3, -0.25) is 9.79 Å². The Kier molecular flexibility index (Phi) is 8.88. The molecule has 210 valence electrons. The second kappa shape index (κ2) is 12.5. The minimum absolute atomic E-state index is 0.0925. The van der Waals surface area contributed by atoms with Crippen molar-refractivity contribution in [1.29, 1.82) is 0 Å². The summed E-state index contributed by atoms with van der Waals surface area (Å²) in [5, 5.41) is 0. The number of piperidine rings is 1. The van der Waals surface area contributed by atoms with Crippen molar-refractivity contribution >= 4 is 11.6 Å². The molecule has 2 fully saturated rings. The molecule has 5 rings (SSSR count). The second-order valence-electron chi connectivity index (χ2n) is 11.1. The van der Waals surface area contributed by atoms with Crippen LogP contribution in [0.4, 0.5) is 0 Å². The lowest BCUT2D eigenvalue weighted by molar-refractivity contribution is 0.0551. The van der Waals surface area contributed by atoms with Crippen LogP contribution in [0.1, 0.15) is 78.4 Å². The van der Waals surface area contributed by atoms with E-state index in [2.05, 4.69) is 36.2 Å². The molecule has 7 nitrogen and oxygen atoms in total. The lowest BCUT2D eigenvalue weighted by atomic mass is 9.79. The van der Waals surface area contributed by atoms with Crippen molar-refractivity contribution in [2.45, 2.75) is 63.5 Å². The van der Waals surface area contributed by atoms with Crippen LogP contribution in [0, 0.1) is 0 Å². The molecule has 2 aromatic rings. The number of ether oxygens (including phenoxy) is 3. The van der Waals surface area contributed by atoms with E-state index >= 15 is 0 Å². The van der Waals surface area contributed by atoms with Gasteiger partial charge in [-0.1, -0.05) is 31.4 Å². The van der Waals surface area contributed by atoms with E-state index in [9.17, 15) is 4.79 Å². The molecule has 0 aromatic heterocycles. The van der Waals surface area contributed by atoms with Crippen LogP contribution in [0.5, 0.6) is 11.5 Å². The molecule has 1 aliphatic carbocycles. The van der Waals surface area contributed by atoms with Gasteiger partial charge in [0.2, 0.25) is 0 Å². The number of likely N-dealkylation sites (tertiary alicyclic amines) is 1. The van der Waals surface area contributed by atoms with Crippen LogP contribution in [0.15, 0.2) is 41.4 Å². The smallest absolute Gasteiger partial charge is 0.254 e. The van der Waals surface area contributed by atoms with Crippen molar-refractivity contribution < 1.29 is 19.0 Å². The van der Waals surface area contributed by atoms with Crippen molar-refractivity contribution in [2.75, 3.05) is 54.1 Å². The van der Waals surface area contributed by atoms with Crippen LogP contribution in [0.2, 0.25) is 0 Å². The molecule has 0 spiro atoms. The van der Waals surface area contributed by atoms with Gasteiger partial charge in [0.05, 0.1) is 32.1 Å². The summed E-state index contributed by atoms with van der Waals surface area (Å²) in [6.07, 6.45) is 6.80. The molecule has 2 aliphatic heterocycles. The summed E-state index contributed by atoms with van der Waals surface area (Å²) in [4.78, 5) is 23.4. The molecule has 1 amide bonds. The molecule has 0 radical (unpaired) electrons. The number of hydrogen-bond donors (Lipinski definition) is 0. The highest BCUT2D eigenvalue weighted by atomic mass is 16.5. The van der Waals surface area contributed by atoms with Crippen molar-refractivity contribution in [3.05, 3.63) is 58.7 Å². The van der Waals surface area contributed by atoms with Crippen LogP contribution in [0.25, 0.3) is 0 Å². The highest BCUT2D eigenvalue weighted by Gasteiger charge is 2.36. The molecule has 1 saturated heterocycles. The third kappa shape index (κ3) is 5.85. The first-order valence-electron chi connectivity index (χ1n) is 14.6. The molecule has 2 aromatic carbocycles. The van der Waals surface area contributed by atoms with Gasteiger partial charge in [-0.05, 0) is 69.6 Å². The van der Waals surface area contributed by atoms with Crippen LogP contribution in [0.3, 0.4) is 0 Å². The topological polar surface area (TPSA) is 63.6 Å². The number of methoxy groups -OCH3 is 2.